The third-order valence-electron chi connectivity index (χ3n) is 2.78. The van der Waals surface area contributed by atoms with Crippen LogP contribution in [-0.4, -0.2) is 24.8 Å². The number of fused-ring (bicyclic) bond motifs is 1. The number of nitrogens with one attached hydrogen (secondary N) is 1. The van der Waals surface area contributed by atoms with Gasteiger partial charge in [0.1, 0.15) is 13.2 Å². The van der Waals surface area contributed by atoms with Crippen LogP contribution in [0.2, 0.25) is 0 Å². The highest BCUT2D eigenvalue weighted by atomic mass is 16.6. The zero-order chi connectivity index (χ0) is 11.7. The van der Waals surface area contributed by atoms with E-state index in [0.717, 1.165) is 22.8 Å². The van der Waals surface area contributed by atoms with E-state index >= 15 is 0 Å². The Hall–Kier alpha value is -2.04. The second-order valence-corrected chi connectivity index (χ2v) is 3.95. The number of nitrogens with zero attached hydrogens (tertiary/aromatic N) is 1. The van der Waals surface area contributed by atoms with Crippen LogP contribution in [0.5, 0.6) is 11.5 Å². The van der Waals surface area contributed by atoms with E-state index in [2.05, 4.69) is 10.5 Å². The maximum Gasteiger partial charge on any atom is 0.240 e. The summed E-state index contributed by atoms with van der Waals surface area (Å²) in [5.41, 5.74) is 4.33. The van der Waals surface area contributed by atoms with Crippen molar-refractivity contribution in [2.45, 2.75) is 12.8 Å². The summed E-state index contributed by atoms with van der Waals surface area (Å²) in [6.45, 7) is 1.16. The van der Waals surface area contributed by atoms with E-state index in [1.54, 1.807) is 0 Å². The first kappa shape index (κ1) is 10.1. The van der Waals surface area contributed by atoms with Crippen LogP contribution in [0.1, 0.15) is 18.4 Å². The number of ether oxygens (including phenoxy) is 2. The molecule has 2 heterocycles. The summed E-state index contributed by atoms with van der Waals surface area (Å²) >= 11 is 0. The van der Waals surface area contributed by atoms with Crippen molar-refractivity contribution in [1.82, 2.24) is 5.43 Å². The number of hydrogen-bond donors (Lipinski definition) is 1. The Bertz CT molecular complexity index is 497. The maximum absolute atomic E-state index is 11.0. The summed E-state index contributed by atoms with van der Waals surface area (Å²) in [4.78, 5) is 11.0. The summed E-state index contributed by atoms with van der Waals surface area (Å²) in [7, 11) is 0. The number of hydrazone groups is 1. The highest BCUT2D eigenvalue weighted by Gasteiger charge is 2.17. The fourth-order valence-corrected chi connectivity index (χ4v) is 1.91. The minimum absolute atomic E-state index is 0.0358. The molecule has 0 bridgehead atoms. The highest BCUT2D eigenvalue weighted by molar-refractivity contribution is 6.04. The summed E-state index contributed by atoms with van der Waals surface area (Å²) < 4.78 is 11.0. The van der Waals surface area contributed by atoms with Gasteiger partial charge in [0, 0.05) is 18.4 Å². The van der Waals surface area contributed by atoms with Gasteiger partial charge in [0.15, 0.2) is 11.5 Å². The van der Waals surface area contributed by atoms with Gasteiger partial charge < -0.3 is 9.47 Å². The zero-order valence-corrected chi connectivity index (χ0v) is 9.23. The maximum atomic E-state index is 11.0. The molecule has 2 aliphatic heterocycles. The number of rotatable bonds is 1. The molecule has 0 saturated heterocycles. The van der Waals surface area contributed by atoms with Crippen molar-refractivity contribution in [2.75, 3.05) is 13.2 Å². The third kappa shape index (κ3) is 1.95. The van der Waals surface area contributed by atoms with Crippen molar-refractivity contribution >= 4 is 11.6 Å². The first-order chi connectivity index (χ1) is 8.33. The molecular formula is C12H12N2O3. The van der Waals surface area contributed by atoms with E-state index in [9.17, 15) is 4.79 Å². The highest BCUT2D eigenvalue weighted by Crippen LogP contribution is 2.31. The number of carbonyl (C=O) groups excluding carboxylic acids is 1. The molecule has 0 saturated carbocycles. The minimum atomic E-state index is -0.0358. The van der Waals surface area contributed by atoms with Crippen LogP contribution in [0, 0.1) is 0 Å². The van der Waals surface area contributed by atoms with Gasteiger partial charge in [0.05, 0.1) is 5.71 Å². The predicted molar refractivity (Wildman–Crippen MR) is 61.3 cm³/mol. The topological polar surface area (TPSA) is 59.9 Å². The summed E-state index contributed by atoms with van der Waals surface area (Å²) in [5.74, 6) is 1.47. The Morgan fingerprint density at radius 3 is 2.71 bits per heavy atom. The largest absolute Gasteiger partial charge is 0.486 e. The Balaban J connectivity index is 1.91. The smallest absolute Gasteiger partial charge is 0.240 e. The van der Waals surface area contributed by atoms with Crippen molar-refractivity contribution in [3.63, 3.8) is 0 Å². The molecule has 1 aromatic rings. The van der Waals surface area contributed by atoms with Crippen LogP contribution in [0.25, 0.3) is 0 Å². The van der Waals surface area contributed by atoms with E-state index in [-0.39, 0.29) is 5.91 Å². The van der Waals surface area contributed by atoms with Crippen molar-refractivity contribution in [2.24, 2.45) is 5.10 Å². The fourth-order valence-electron chi connectivity index (χ4n) is 1.91. The Kier molecular flexibility index (Phi) is 2.44. The molecule has 88 valence electrons. The van der Waals surface area contributed by atoms with Gasteiger partial charge in [0.2, 0.25) is 5.91 Å². The van der Waals surface area contributed by atoms with Crippen molar-refractivity contribution in [3.05, 3.63) is 23.8 Å². The molecule has 17 heavy (non-hydrogen) atoms. The SMILES string of the molecule is O=C1CCC(c2ccc3c(c2)OCCO3)=NN1. The lowest BCUT2D eigenvalue weighted by Crippen LogP contribution is -2.26. The Morgan fingerprint density at radius 2 is 1.94 bits per heavy atom. The molecule has 5 heteroatoms. The van der Waals surface area contributed by atoms with E-state index in [0.29, 0.717) is 26.1 Å². The molecule has 0 spiro atoms. The van der Waals surface area contributed by atoms with E-state index in [1.165, 1.54) is 0 Å². The third-order valence-corrected chi connectivity index (χ3v) is 2.78. The zero-order valence-electron chi connectivity index (χ0n) is 9.23. The van der Waals surface area contributed by atoms with Crippen molar-refractivity contribution < 1.29 is 14.3 Å². The van der Waals surface area contributed by atoms with Gasteiger partial charge in [-0.05, 0) is 18.2 Å². The molecule has 0 unspecified atom stereocenters. The molecule has 5 nitrogen and oxygen atoms in total. The second kappa shape index (κ2) is 4.08. The minimum Gasteiger partial charge on any atom is -0.486 e. The van der Waals surface area contributed by atoms with E-state index < -0.39 is 0 Å². The Morgan fingerprint density at radius 1 is 1.12 bits per heavy atom. The van der Waals surface area contributed by atoms with Gasteiger partial charge in [-0.15, -0.1) is 0 Å². The molecule has 1 N–H and O–H groups in total. The summed E-state index contributed by atoms with van der Waals surface area (Å²) in [5, 5.41) is 4.05. The van der Waals surface area contributed by atoms with Gasteiger partial charge in [-0.3, -0.25) is 4.79 Å². The lowest BCUT2D eigenvalue weighted by atomic mass is 10.0. The van der Waals surface area contributed by atoms with Gasteiger partial charge in [-0.2, -0.15) is 5.10 Å². The van der Waals surface area contributed by atoms with Gasteiger partial charge in [-0.1, -0.05) is 0 Å². The summed E-state index contributed by atoms with van der Waals surface area (Å²) in [6, 6.07) is 5.72. The number of amides is 1. The fraction of sp³-hybridized carbons (Fsp3) is 0.333. The van der Waals surface area contributed by atoms with Crippen LogP contribution in [0.4, 0.5) is 0 Å². The molecule has 2 aliphatic rings. The first-order valence-electron chi connectivity index (χ1n) is 5.58. The number of hydrogen-bond acceptors (Lipinski definition) is 4. The first-order valence-corrected chi connectivity index (χ1v) is 5.58. The van der Waals surface area contributed by atoms with Crippen LogP contribution in [-0.2, 0) is 4.79 Å². The lowest BCUT2D eigenvalue weighted by molar-refractivity contribution is -0.121. The lowest BCUT2D eigenvalue weighted by Gasteiger charge is -2.19. The summed E-state index contributed by atoms with van der Waals surface area (Å²) in [6.07, 6.45) is 1.14. The van der Waals surface area contributed by atoms with Crippen LogP contribution < -0.4 is 14.9 Å². The molecular weight excluding hydrogens is 220 g/mol. The van der Waals surface area contributed by atoms with Crippen molar-refractivity contribution in [1.29, 1.82) is 0 Å². The monoisotopic (exact) mass is 232 g/mol. The molecule has 0 atom stereocenters. The standard InChI is InChI=1S/C12H12N2O3/c15-12-4-2-9(13-14-12)8-1-3-10-11(7-8)17-6-5-16-10/h1,3,7H,2,4-6H2,(H,14,15). The predicted octanol–water partition coefficient (Wildman–Crippen LogP) is 1.07. The van der Waals surface area contributed by atoms with Gasteiger partial charge in [-0.25, -0.2) is 5.43 Å². The molecule has 0 fully saturated rings. The number of benzene rings is 1. The van der Waals surface area contributed by atoms with Crippen molar-refractivity contribution in [3.8, 4) is 11.5 Å². The van der Waals surface area contributed by atoms with Crippen LogP contribution >= 0.6 is 0 Å². The molecule has 0 aromatic heterocycles. The van der Waals surface area contributed by atoms with E-state index in [4.69, 9.17) is 9.47 Å². The quantitative estimate of drug-likeness (QED) is 0.788. The van der Waals surface area contributed by atoms with Gasteiger partial charge >= 0.3 is 0 Å². The molecule has 3 rings (SSSR count). The number of carbonyl (C=O) groups is 1. The Labute approximate surface area is 98.4 Å². The average Bonchev–Trinajstić information content (AvgIpc) is 2.39. The molecule has 0 aliphatic carbocycles. The normalized spacial score (nSPS) is 18.4. The molecule has 0 radical (unpaired) electrons. The second-order valence-electron chi connectivity index (χ2n) is 3.95. The van der Waals surface area contributed by atoms with Crippen LogP contribution in [0.15, 0.2) is 23.3 Å². The molecule has 1 amide bonds. The van der Waals surface area contributed by atoms with Crippen LogP contribution in [0.3, 0.4) is 0 Å². The van der Waals surface area contributed by atoms with E-state index in [1.807, 2.05) is 18.2 Å². The van der Waals surface area contributed by atoms with Gasteiger partial charge in [0.25, 0.3) is 0 Å². The molecule has 1 aromatic carbocycles. The average molecular weight is 232 g/mol.